The Labute approximate surface area is 120 Å². The van der Waals surface area contributed by atoms with E-state index in [2.05, 4.69) is 4.72 Å². The van der Waals surface area contributed by atoms with Gasteiger partial charge in [0.15, 0.2) is 0 Å². The number of thiophene rings is 1. The van der Waals surface area contributed by atoms with Gasteiger partial charge in [-0.3, -0.25) is 0 Å². The second kappa shape index (κ2) is 5.78. The van der Waals surface area contributed by atoms with Gasteiger partial charge in [-0.1, -0.05) is 0 Å². The van der Waals surface area contributed by atoms with Crippen molar-refractivity contribution < 1.29 is 18.3 Å². The van der Waals surface area contributed by atoms with Gasteiger partial charge < -0.3 is 9.67 Å². The van der Waals surface area contributed by atoms with Crippen LogP contribution in [0.4, 0.5) is 0 Å². The van der Waals surface area contributed by atoms with Crippen LogP contribution in [0.25, 0.3) is 0 Å². The number of nitrogens with zero attached hydrogens (tertiary/aromatic N) is 1. The summed E-state index contributed by atoms with van der Waals surface area (Å²) in [7, 11) is -3.66. The third-order valence-electron chi connectivity index (χ3n) is 2.68. The van der Waals surface area contributed by atoms with E-state index in [0.717, 1.165) is 11.3 Å². The second-order valence-corrected chi connectivity index (χ2v) is 7.25. The molecule has 0 fully saturated rings. The zero-order valence-corrected chi connectivity index (χ0v) is 12.4. The zero-order chi connectivity index (χ0) is 14.8. The maximum Gasteiger partial charge on any atom is 0.346 e. The highest BCUT2D eigenvalue weighted by Crippen LogP contribution is 2.25. The van der Waals surface area contributed by atoms with E-state index in [1.54, 1.807) is 6.92 Å². The summed E-state index contributed by atoms with van der Waals surface area (Å²) >= 11 is 0.766. The van der Waals surface area contributed by atoms with E-state index >= 15 is 0 Å². The molecule has 20 heavy (non-hydrogen) atoms. The van der Waals surface area contributed by atoms with Gasteiger partial charge in [0.05, 0.1) is 0 Å². The van der Waals surface area contributed by atoms with E-state index in [9.17, 15) is 13.2 Å². The number of aryl methyl sites for hydroxylation is 1. The van der Waals surface area contributed by atoms with Gasteiger partial charge in [-0.2, -0.15) is 0 Å². The molecule has 8 heteroatoms. The van der Waals surface area contributed by atoms with E-state index in [4.69, 9.17) is 5.11 Å². The van der Waals surface area contributed by atoms with Crippen LogP contribution in [0.5, 0.6) is 0 Å². The average Bonchev–Trinajstić information content (AvgIpc) is 2.98. The fraction of sp³-hybridized carbons (Fsp3) is 0.250. The predicted octanol–water partition coefficient (Wildman–Crippen LogP) is 1.53. The molecule has 0 radical (unpaired) electrons. The van der Waals surface area contributed by atoms with Crippen molar-refractivity contribution in [2.45, 2.75) is 17.7 Å². The Balaban J connectivity index is 2.06. The maximum absolute atomic E-state index is 12.0. The standard InChI is InChI=1S/C12H14N2O4S2/c1-9-8-10(19-11(9)12(15)16)20(17,18)13-4-7-14-5-2-3-6-14/h2-3,5-6,8,13H,4,7H2,1H3,(H,15,16). The molecule has 2 aromatic heterocycles. The molecule has 0 aliphatic heterocycles. The molecular weight excluding hydrogens is 300 g/mol. The minimum Gasteiger partial charge on any atom is -0.477 e. The molecule has 0 bridgehead atoms. The summed E-state index contributed by atoms with van der Waals surface area (Å²) in [6.45, 7) is 2.34. The van der Waals surface area contributed by atoms with Crippen molar-refractivity contribution >= 4 is 27.3 Å². The summed E-state index contributed by atoms with van der Waals surface area (Å²) in [5, 5.41) is 8.94. The highest BCUT2D eigenvalue weighted by atomic mass is 32.2. The van der Waals surface area contributed by atoms with Gasteiger partial charge in [0.25, 0.3) is 0 Å². The van der Waals surface area contributed by atoms with Crippen LogP contribution in [-0.4, -0.2) is 30.6 Å². The van der Waals surface area contributed by atoms with Crippen LogP contribution < -0.4 is 4.72 Å². The van der Waals surface area contributed by atoms with Gasteiger partial charge in [0, 0.05) is 25.5 Å². The Hall–Kier alpha value is -1.64. The number of carboxylic acid groups (broad SMARTS) is 1. The highest BCUT2D eigenvalue weighted by molar-refractivity contribution is 7.91. The summed E-state index contributed by atoms with van der Waals surface area (Å²) in [4.78, 5) is 11.0. The first kappa shape index (κ1) is 14.8. The van der Waals surface area contributed by atoms with E-state index in [-0.39, 0.29) is 15.6 Å². The predicted molar refractivity (Wildman–Crippen MR) is 75.6 cm³/mol. The summed E-state index contributed by atoms with van der Waals surface area (Å²) < 4.78 is 28.4. The molecule has 6 nitrogen and oxygen atoms in total. The van der Waals surface area contributed by atoms with Crippen LogP contribution in [0.15, 0.2) is 34.8 Å². The molecule has 2 heterocycles. The molecule has 2 rings (SSSR count). The van der Waals surface area contributed by atoms with Crippen molar-refractivity contribution in [1.29, 1.82) is 0 Å². The molecule has 2 N–H and O–H groups in total. The van der Waals surface area contributed by atoms with E-state index in [1.165, 1.54) is 6.07 Å². The molecule has 0 unspecified atom stereocenters. The largest absolute Gasteiger partial charge is 0.477 e. The number of nitrogens with one attached hydrogen (secondary N) is 1. The lowest BCUT2D eigenvalue weighted by molar-refractivity contribution is 0.0701. The lowest BCUT2D eigenvalue weighted by Crippen LogP contribution is -2.26. The molecule has 0 aromatic carbocycles. The summed E-state index contributed by atoms with van der Waals surface area (Å²) in [5.74, 6) is -1.11. The van der Waals surface area contributed by atoms with Crippen molar-refractivity contribution in [3.05, 3.63) is 41.0 Å². The Morgan fingerprint density at radius 2 is 2.05 bits per heavy atom. The first-order valence-electron chi connectivity index (χ1n) is 5.84. The summed E-state index contributed by atoms with van der Waals surface area (Å²) in [6, 6.07) is 5.10. The molecular formula is C12H14N2O4S2. The number of sulfonamides is 1. The molecule has 0 atom stereocenters. The average molecular weight is 314 g/mol. The summed E-state index contributed by atoms with van der Waals surface area (Å²) in [5.41, 5.74) is 0.452. The smallest absolute Gasteiger partial charge is 0.346 e. The molecule has 0 aliphatic rings. The van der Waals surface area contributed by atoms with Crippen molar-refractivity contribution in [1.82, 2.24) is 9.29 Å². The molecule has 2 aromatic rings. The monoisotopic (exact) mass is 314 g/mol. The Morgan fingerprint density at radius 3 is 2.60 bits per heavy atom. The highest BCUT2D eigenvalue weighted by Gasteiger charge is 2.21. The molecule has 108 valence electrons. The number of hydrogen-bond acceptors (Lipinski definition) is 4. The first-order valence-corrected chi connectivity index (χ1v) is 8.14. The molecule has 0 saturated carbocycles. The summed E-state index contributed by atoms with van der Waals surface area (Å²) in [6.07, 6.45) is 3.68. The first-order chi connectivity index (χ1) is 9.40. The van der Waals surface area contributed by atoms with Crippen LogP contribution >= 0.6 is 11.3 Å². The lowest BCUT2D eigenvalue weighted by atomic mass is 10.3. The lowest BCUT2D eigenvalue weighted by Gasteiger charge is -2.05. The minimum atomic E-state index is -3.66. The molecule has 0 amide bonds. The number of hydrogen-bond donors (Lipinski definition) is 2. The second-order valence-electron chi connectivity index (χ2n) is 4.20. The maximum atomic E-state index is 12.0. The quantitative estimate of drug-likeness (QED) is 0.846. The number of rotatable bonds is 6. The Kier molecular flexibility index (Phi) is 4.26. The number of carbonyl (C=O) groups is 1. The van der Waals surface area contributed by atoms with Gasteiger partial charge in [-0.25, -0.2) is 17.9 Å². The van der Waals surface area contributed by atoms with Gasteiger partial charge in [0.1, 0.15) is 9.09 Å². The van der Waals surface area contributed by atoms with Crippen LogP contribution in [0.2, 0.25) is 0 Å². The van der Waals surface area contributed by atoms with E-state index < -0.39 is 16.0 Å². The molecule has 0 saturated heterocycles. The van der Waals surface area contributed by atoms with E-state index in [1.807, 2.05) is 29.1 Å². The Bertz CT molecular complexity index is 702. The van der Waals surface area contributed by atoms with E-state index in [0.29, 0.717) is 12.1 Å². The number of aromatic nitrogens is 1. The van der Waals surface area contributed by atoms with Gasteiger partial charge in [0.2, 0.25) is 10.0 Å². The topological polar surface area (TPSA) is 88.4 Å². The third kappa shape index (κ3) is 3.27. The zero-order valence-electron chi connectivity index (χ0n) is 10.7. The molecule has 0 aliphatic carbocycles. The van der Waals surface area contributed by atoms with Gasteiger partial charge in [-0.15, -0.1) is 11.3 Å². The fourth-order valence-corrected chi connectivity index (χ4v) is 4.14. The third-order valence-corrected chi connectivity index (χ3v) is 5.84. The van der Waals surface area contributed by atoms with Crippen LogP contribution in [0.1, 0.15) is 15.2 Å². The van der Waals surface area contributed by atoms with Crippen molar-refractivity contribution in [2.24, 2.45) is 0 Å². The number of carboxylic acids is 1. The van der Waals surface area contributed by atoms with Crippen molar-refractivity contribution in [3.8, 4) is 0 Å². The van der Waals surface area contributed by atoms with Gasteiger partial charge >= 0.3 is 5.97 Å². The van der Waals surface area contributed by atoms with Crippen LogP contribution in [-0.2, 0) is 16.6 Å². The SMILES string of the molecule is Cc1cc(S(=O)(=O)NCCn2cccc2)sc1C(=O)O. The Morgan fingerprint density at radius 1 is 1.40 bits per heavy atom. The van der Waals surface area contributed by atoms with Crippen LogP contribution in [0, 0.1) is 6.92 Å². The van der Waals surface area contributed by atoms with Crippen LogP contribution in [0.3, 0.4) is 0 Å². The normalized spacial score (nSPS) is 11.7. The van der Waals surface area contributed by atoms with Crippen molar-refractivity contribution in [2.75, 3.05) is 6.54 Å². The number of aromatic carboxylic acids is 1. The van der Waals surface area contributed by atoms with Crippen molar-refractivity contribution in [3.63, 3.8) is 0 Å². The fourth-order valence-electron chi connectivity index (χ4n) is 1.70. The minimum absolute atomic E-state index is 0.0277. The van der Waals surface area contributed by atoms with Gasteiger partial charge in [-0.05, 0) is 30.7 Å². The molecule has 0 spiro atoms.